The van der Waals surface area contributed by atoms with Gasteiger partial charge in [-0.3, -0.25) is 13.9 Å². The largest absolute Gasteiger partial charge is 0.354 e. The fourth-order valence-corrected chi connectivity index (χ4v) is 5.47. The summed E-state index contributed by atoms with van der Waals surface area (Å²) >= 11 is 6.49. The van der Waals surface area contributed by atoms with Crippen LogP contribution in [0.25, 0.3) is 0 Å². The first-order valence-corrected chi connectivity index (χ1v) is 16.0. The first-order chi connectivity index (χ1) is 19.4. The van der Waals surface area contributed by atoms with E-state index >= 15 is 0 Å². The molecule has 1 unspecified atom stereocenters. The quantitative estimate of drug-likeness (QED) is 0.276. The molecule has 0 bridgehead atoms. The number of benzene rings is 3. The molecular formula is C32H40ClN3O4S. The van der Waals surface area contributed by atoms with E-state index in [1.165, 1.54) is 4.90 Å². The van der Waals surface area contributed by atoms with E-state index in [4.69, 9.17) is 11.6 Å². The van der Waals surface area contributed by atoms with Crippen LogP contribution in [-0.4, -0.2) is 50.5 Å². The molecule has 7 nitrogen and oxygen atoms in total. The Balaban J connectivity index is 2.05. The number of amides is 2. The molecule has 3 aromatic carbocycles. The van der Waals surface area contributed by atoms with Crippen molar-refractivity contribution < 1.29 is 18.0 Å². The molecule has 0 saturated heterocycles. The predicted molar refractivity (Wildman–Crippen MR) is 167 cm³/mol. The van der Waals surface area contributed by atoms with Crippen LogP contribution in [0.15, 0.2) is 78.9 Å². The van der Waals surface area contributed by atoms with Crippen molar-refractivity contribution in [3.05, 3.63) is 101 Å². The summed E-state index contributed by atoms with van der Waals surface area (Å²) in [5.41, 5.74) is 2.97. The second kappa shape index (κ2) is 14.5. The summed E-state index contributed by atoms with van der Waals surface area (Å²) in [6.07, 6.45) is 1.33. The van der Waals surface area contributed by atoms with E-state index in [9.17, 15) is 18.0 Å². The van der Waals surface area contributed by atoms with Gasteiger partial charge in [0.2, 0.25) is 21.8 Å². The highest BCUT2D eigenvalue weighted by Crippen LogP contribution is 2.24. The molecule has 3 rings (SSSR count). The fourth-order valence-electron chi connectivity index (χ4n) is 4.43. The minimum Gasteiger partial charge on any atom is -0.354 e. The Morgan fingerprint density at radius 3 is 2.05 bits per heavy atom. The third kappa shape index (κ3) is 9.33. The second-order valence-electron chi connectivity index (χ2n) is 11.0. The van der Waals surface area contributed by atoms with E-state index in [0.717, 1.165) is 21.7 Å². The van der Waals surface area contributed by atoms with E-state index in [0.29, 0.717) is 22.8 Å². The van der Waals surface area contributed by atoms with Crippen LogP contribution in [0.2, 0.25) is 5.02 Å². The second-order valence-corrected chi connectivity index (χ2v) is 13.3. The van der Waals surface area contributed by atoms with E-state index in [1.807, 2.05) is 62.4 Å². The molecular weight excluding hydrogens is 558 g/mol. The standard InChI is InChI=1S/C32H40ClN3O4S/c1-23(2)20-34-32(38)30(19-25-11-7-6-8-12-25)35(21-27-13-9-10-14-29(27)33)31(37)22-36(41(5,39)40)28-17-15-26(16-18-28)24(3)4/h6-18,23-24,30H,19-22H2,1-5H3,(H,34,38). The van der Waals surface area contributed by atoms with Gasteiger partial charge in [-0.2, -0.15) is 0 Å². The zero-order chi connectivity index (χ0) is 30.2. The van der Waals surface area contributed by atoms with Crippen molar-refractivity contribution in [2.24, 2.45) is 5.92 Å². The van der Waals surface area contributed by atoms with Gasteiger partial charge in [0.25, 0.3) is 0 Å². The van der Waals surface area contributed by atoms with Gasteiger partial charge in [0.1, 0.15) is 12.6 Å². The molecule has 0 aromatic heterocycles. The molecule has 9 heteroatoms. The third-order valence-corrected chi connectivity index (χ3v) is 8.29. The molecule has 0 aliphatic rings. The van der Waals surface area contributed by atoms with Gasteiger partial charge in [0, 0.05) is 24.5 Å². The number of hydrogen-bond donors (Lipinski definition) is 1. The molecule has 0 saturated carbocycles. The summed E-state index contributed by atoms with van der Waals surface area (Å²) in [6, 6.07) is 22.8. The maximum Gasteiger partial charge on any atom is 0.244 e. The molecule has 0 radical (unpaired) electrons. The molecule has 41 heavy (non-hydrogen) atoms. The summed E-state index contributed by atoms with van der Waals surface area (Å²) in [5.74, 6) is -0.343. The van der Waals surface area contributed by atoms with Crippen LogP contribution >= 0.6 is 11.6 Å². The number of anilines is 1. The topological polar surface area (TPSA) is 86.8 Å². The summed E-state index contributed by atoms with van der Waals surface area (Å²) in [7, 11) is -3.83. The van der Waals surface area contributed by atoms with Crippen LogP contribution in [0.3, 0.4) is 0 Å². The lowest BCUT2D eigenvalue weighted by Crippen LogP contribution is -2.53. The number of carbonyl (C=O) groups is 2. The summed E-state index contributed by atoms with van der Waals surface area (Å²) in [6.45, 7) is 8.10. The molecule has 0 heterocycles. The fraction of sp³-hybridized carbons (Fsp3) is 0.375. The number of halogens is 1. The zero-order valence-corrected chi connectivity index (χ0v) is 26.0. The van der Waals surface area contributed by atoms with E-state index in [2.05, 4.69) is 19.2 Å². The Morgan fingerprint density at radius 2 is 1.49 bits per heavy atom. The molecule has 0 aliphatic heterocycles. The third-order valence-electron chi connectivity index (χ3n) is 6.78. The first kappa shape index (κ1) is 32.2. The summed E-state index contributed by atoms with van der Waals surface area (Å²) in [4.78, 5) is 29.2. The highest BCUT2D eigenvalue weighted by atomic mass is 35.5. The van der Waals surface area contributed by atoms with E-state index in [1.54, 1.807) is 30.3 Å². The van der Waals surface area contributed by atoms with Gasteiger partial charge in [0.15, 0.2) is 0 Å². The maximum absolute atomic E-state index is 14.1. The molecule has 220 valence electrons. The molecule has 1 N–H and O–H groups in total. The van der Waals surface area contributed by atoms with Crippen molar-refractivity contribution in [2.75, 3.05) is 23.7 Å². The number of nitrogens with zero attached hydrogens (tertiary/aromatic N) is 2. The van der Waals surface area contributed by atoms with Crippen LogP contribution in [0.5, 0.6) is 0 Å². The van der Waals surface area contributed by atoms with Gasteiger partial charge < -0.3 is 10.2 Å². The number of nitrogens with one attached hydrogen (secondary N) is 1. The lowest BCUT2D eigenvalue weighted by atomic mass is 10.0. The summed E-state index contributed by atoms with van der Waals surface area (Å²) < 4.78 is 27.0. The van der Waals surface area contributed by atoms with Crippen molar-refractivity contribution in [2.45, 2.75) is 52.6 Å². The summed E-state index contributed by atoms with van der Waals surface area (Å²) in [5, 5.41) is 3.43. The van der Waals surface area contributed by atoms with Gasteiger partial charge in [0.05, 0.1) is 11.9 Å². The Hall–Kier alpha value is -3.36. The van der Waals surface area contributed by atoms with Crippen LogP contribution in [0.4, 0.5) is 5.69 Å². The van der Waals surface area contributed by atoms with Crippen LogP contribution < -0.4 is 9.62 Å². The van der Waals surface area contributed by atoms with Crippen molar-refractivity contribution in [1.82, 2.24) is 10.2 Å². The van der Waals surface area contributed by atoms with Gasteiger partial charge in [-0.1, -0.05) is 100.0 Å². The molecule has 0 spiro atoms. The van der Waals surface area contributed by atoms with Crippen LogP contribution in [-0.2, 0) is 32.6 Å². The number of carbonyl (C=O) groups excluding carboxylic acids is 2. The molecule has 0 fully saturated rings. The van der Waals surface area contributed by atoms with E-state index in [-0.39, 0.29) is 30.7 Å². The Morgan fingerprint density at radius 1 is 0.878 bits per heavy atom. The number of sulfonamides is 1. The van der Waals surface area contributed by atoms with Crippen molar-refractivity contribution in [3.8, 4) is 0 Å². The van der Waals surface area contributed by atoms with Gasteiger partial charge in [-0.05, 0) is 46.7 Å². The smallest absolute Gasteiger partial charge is 0.244 e. The van der Waals surface area contributed by atoms with Crippen LogP contribution in [0, 0.1) is 5.92 Å². The van der Waals surface area contributed by atoms with Crippen molar-refractivity contribution in [1.29, 1.82) is 0 Å². The molecule has 1 atom stereocenters. The first-order valence-electron chi connectivity index (χ1n) is 13.8. The molecule has 0 aliphatic carbocycles. The van der Waals surface area contributed by atoms with Crippen molar-refractivity contribution in [3.63, 3.8) is 0 Å². The molecule has 2 amide bonds. The zero-order valence-electron chi connectivity index (χ0n) is 24.4. The lowest BCUT2D eigenvalue weighted by molar-refractivity contribution is -0.140. The normalized spacial score (nSPS) is 12.3. The number of hydrogen-bond acceptors (Lipinski definition) is 4. The Kier molecular flexibility index (Phi) is 11.4. The predicted octanol–water partition coefficient (Wildman–Crippen LogP) is 5.64. The van der Waals surface area contributed by atoms with Gasteiger partial charge in [-0.25, -0.2) is 8.42 Å². The van der Waals surface area contributed by atoms with Crippen molar-refractivity contribution >= 4 is 39.1 Å². The Labute approximate surface area is 249 Å². The Bertz CT molecular complexity index is 1410. The maximum atomic E-state index is 14.1. The lowest BCUT2D eigenvalue weighted by Gasteiger charge is -2.34. The van der Waals surface area contributed by atoms with E-state index < -0.39 is 28.5 Å². The van der Waals surface area contributed by atoms with Crippen LogP contribution in [0.1, 0.15) is 50.3 Å². The van der Waals surface area contributed by atoms with Gasteiger partial charge >= 0.3 is 0 Å². The average Bonchev–Trinajstić information content (AvgIpc) is 2.93. The highest BCUT2D eigenvalue weighted by Gasteiger charge is 2.33. The van der Waals surface area contributed by atoms with Gasteiger partial charge in [-0.15, -0.1) is 0 Å². The highest BCUT2D eigenvalue weighted by molar-refractivity contribution is 7.92. The monoisotopic (exact) mass is 597 g/mol. The number of rotatable bonds is 13. The minimum absolute atomic E-state index is 0.0367. The minimum atomic E-state index is -3.83. The SMILES string of the molecule is CC(C)CNC(=O)C(Cc1ccccc1)N(Cc1ccccc1Cl)C(=O)CN(c1ccc(C(C)C)cc1)S(C)(=O)=O. The average molecular weight is 598 g/mol. The molecule has 3 aromatic rings.